The lowest BCUT2D eigenvalue weighted by molar-refractivity contribution is 0.289. The summed E-state index contributed by atoms with van der Waals surface area (Å²) < 4.78 is 0. The molecule has 0 aromatic carbocycles. The van der Waals surface area contributed by atoms with E-state index in [-0.39, 0.29) is 0 Å². The summed E-state index contributed by atoms with van der Waals surface area (Å²) in [6.45, 7) is 12.4. The molecule has 1 aromatic rings. The summed E-state index contributed by atoms with van der Waals surface area (Å²) in [5, 5.41) is 4.42. The van der Waals surface area contributed by atoms with Gasteiger partial charge in [-0.2, -0.15) is 11.3 Å². The van der Waals surface area contributed by atoms with Crippen molar-refractivity contribution in [1.29, 1.82) is 0 Å². The van der Waals surface area contributed by atoms with Crippen LogP contribution in [-0.2, 0) is 0 Å². The maximum absolute atomic E-state index is 4.34. The highest BCUT2D eigenvalue weighted by Gasteiger charge is 2.23. The van der Waals surface area contributed by atoms with Gasteiger partial charge in [0.05, 0.1) is 0 Å². The van der Waals surface area contributed by atoms with Gasteiger partial charge in [0.1, 0.15) is 0 Å². The predicted octanol–water partition coefficient (Wildman–Crippen LogP) is 4.08. The van der Waals surface area contributed by atoms with Crippen LogP contribution < -0.4 is 0 Å². The second-order valence-corrected chi connectivity index (χ2v) is 7.08. The minimum Gasteiger partial charge on any atom is -0.370 e. The molecule has 0 aliphatic carbocycles. The largest absolute Gasteiger partial charge is 0.370 e. The number of hydrogen-bond donors (Lipinski definition) is 0. The molecule has 2 aliphatic heterocycles. The van der Waals surface area contributed by atoms with Crippen LogP contribution in [0.4, 0.5) is 0 Å². The number of likely N-dealkylation sites (tertiary alicyclic amines) is 1. The predicted molar refractivity (Wildman–Crippen MR) is 92.5 cm³/mol. The molecular weight excluding hydrogens is 276 g/mol. The molecule has 21 heavy (non-hydrogen) atoms. The first-order valence-corrected chi connectivity index (χ1v) is 9.07. The Morgan fingerprint density at radius 3 is 2.95 bits per heavy atom. The van der Waals surface area contributed by atoms with Gasteiger partial charge in [-0.15, -0.1) is 0 Å². The molecule has 1 saturated heterocycles. The summed E-state index contributed by atoms with van der Waals surface area (Å²) in [6, 6.07) is 2.23. The number of nitrogens with zero attached hydrogens (tertiary/aromatic N) is 2. The fourth-order valence-corrected chi connectivity index (χ4v) is 4.09. The number of thiophene rings is 1. The van der Waals surface area contributed by atoms with E-state index in [2.05, 4.69) is 46.2 Å². The summed E-state index contributed by atoms with van der Waals surface area (Å²) in [7, 11) is 0. The van der Waals surface area contributed by atoms with E-state index in [0.29, 0.717) is 0 Å². The zero-order valence-corrected chi connectivity index (χ0v) is 13.9. The van der Waals surface area contributed by atoms with Gasteiger partial charge in [0, 0.05) is 31.9 Å². The van der Waals surface area contributed by atoms with Crippen LogP contribution in [0.5, 0.6) is 0 Å². The molecule has 1 atom stereocenters. The standard InChI is InChI=1S/C18H26N2S/c1-3-16-4-8-19(13-16)12-15(2)20-9-5-17(6-10-20)18-7-11-21-14-18/h5,7,11,14,16H,2-4,6,8-10,12-13H2,1H3. The highest BCUT2D eigenvalue weighted by molar-refractivity contribution is 7.08. The zero-order chi connectivity index (χ0) is 14.7. The van der Waals surface area contributed by atoms with Crippen LogP contribution in [0.25, 0.3) is 5.57 Å². The van der Waals surface area contributed by atoms with Crippen molar-refractivity contribution in [2.45, 2.75) is 26.2 Å². The Hall–Kier alpha value is -1.06. The van der Waals surface area contributed by atoms with Crippen molar-refractivity contribution in [1.82, 2.24) is 9.80 Å². The fraction of sp³-hybridized carbons (Fsp3) is 0.556. The Labute approximate surface area is 132 Å². The first kappa shape index (κ1) is 14.9. The average molecular weight is 302 g/mol. The SMILES string of the molecule is C=C(CN1CCC(CC)C1)N1CC=C(c2ccsc2)CC1. The Bertz CT molecular complexity index is 503. The fourth-order valence-electron chi connectivity index (χ4n) is 3.41. The van der Waals surface area contributed by atoms with Gasteiger partial charge in [-0.05, 0) is 53.3 Å². The molecule has 0 saturated carbocycles. The van der Waals surface area contributed by atoms with Crippen molar-refractivity contribution in [3.8, 4) is 0 Å². The summed E-state index contributed by atoms with van der Waals surface area (Å²) in [5.74, 6) is 0.907. The van der Waals surface area contributed by atoms with E-state index in [1.807, 2.05) is 0 Å². The van der Waals surface area contributed by atoms with Crippen molar-refractivity contribution >= 4 is 16.9 Å². The molecule has 3 heterocycles. The quantitative estimate of drug-likeness (QED) is 0.808. The summed E-state index contributed by atoms with van der Waals surface area (Å²) >= 11 is 1.79. The third-order valence-electron chi connectivity index (χ3n) is 4.90. The molecule has 2 aliphatic rings. The molecule has 1 unspecified atom stereocenters. The first-order valence-electron chi connectivity index (χ1n) is 8.13. The van der Waals surface area contributed by atoms with E-state index in [0.717, 1.165) is 32.0 Å². The Balaban J connectivity index is 1.51. The monoisotopic (exact) mass is 302 g/mol. The molecule has 0 N–H and O–H groups in total. The van der Waals surface area contributed by atoms with Crippen molar-refractivity contribution < 1.29 is 0 Å². The third-order valence-corrected chi connectivity index (χ3v) is 5.58. The zero-order valence-electron chi connectivity index (χ0n) is 13.1. The van der Waals surface area contributed by atoms with Gasteiger partial charge in [-0.3, -0.25) is 4.90 Å². The molecule has 114 valence electrons. The lowest BCUT2D eigenvalue weighted by atomic mass is 10.0. The van der Waals surface area contributed by atoms with Crippen molar-refractivity contribution in [2.75, 3.05) is 32.7 Å². The van der Waals surface area contributed by atoms with E-state index in [4.69, 9.17) is 0 Å². The lowest BCUT2D eigenvalue weighted by Crippen LogP contribution is -2.34. The first-order chi connectivity index (χ1) is 10.3. The Morgan fingerprint density at radius 2 is 2.33 bits per heavy atom. The number of hydrogen-bond acceptors (Lipinski definition) is 3. The average Bonchev–Trinajstić information content (AvgIpc) is 3.19. The van der Waals surface area contributed by atoms with Crippen molar-refractivity contribution in [3.63, 3.8) is 0 Å². The van der Waals surface area contributed by atoms with Gasteiger partial charge in [-0.1, -0.05) is 26.0 Å². The second kappa shape index (κ2) is 6.80. The summed E-state index contributed by atoms with van der Waals surface area (Å²) in [6.07, 6.45) is 6.22. The minimum atomic E-state index is 0.907. The van der Waals surface area contributed by atoms with Gasteiger partial charge in [0.25, 0.3) is 0 Å². The highest BCUT2D eigenvalue weighted by atomic mass is 32.1. The third kappa shape index (κ3) is 3.58. The minimum absolute atomic E-state index is 0.907. The maximum atomic E-state index is 4.34. The van der Waals surface area contributed by atoms with Crippen LogP contribution >= 0.6 is 11.3 Å². The van der Waals surface area contributed by atoms with Gasteiger partial charge in [-0.25, -0.2) is 0 Å². The Morgan fingerprint density at radius 1 is 1.43 bits per heavy atom. The highest BCUT2D eigenvalue weighted by Crippen LogP contribution is 2.26. The molecule has 0 radical (unpaired) electrons. The second-order valence-electron chi connectivity index (χ2n) is 6.30. The molecule has 0 amide bonds. The molecule has 0 bridgehead atoms. The van der Waals surface area contributed by atoms with E-state index >= 15 is 0 Å². The molecule has 1 fully saturated rings. The van der Waals surface area contributed by atoms with Gasteiger partial charge in [0.15, 0.2) is 0 Å². The topological polar surface area (TPSA) is 6.48 Å². The van der Waals surface area contributed by atoms with E-state index < -0.39 is 0 Å². The van der Waals surface area contributed by atoms with Crippen molar-refractivity contribution in [2.24, 2.45) is 5.92 Å². The van der Waals surface area contributed by atoms with Gasteiger partial charge >= 0.3 is 0 Å². The smallest absolute Gasteiger partial charge is 0.0378 e. The van der Waals surface area contributed by atoms with Crippen LogP contribution in [-0.4, -0.2) is 42.5 Å². The maximum Gasteiger partial charge on any atom is 0.0378 e. The molecule has 2 nitrogen and oxygen atoms in total. The van der Waals surface area contributed by atoms with E-state index in [9.17, 15) is 0 Å². The van der Waals surface area contributed by atoms with Gasteiger partial charge in [0.2, 0.25) is 0 Å². The van der Waals surface area contributed by atoms with Crippen LogP contribution in [0.3, 0.4) is 0 Å². The lowest BCUT2D eigenvalue weighted by Gasteiger charge is -2.32. The van der Waals surface area contributed by atoms with Crippen LogP contribution in [0.15, 0.2) is 35.2 Å². The van der Waals surface area contributed by atoms with Gasteiger partial charge < -0.3 is 4.90 Å². The van der Waals surface area contributed by atoms with E-state index in [1.165, 1.54) is 42.8 Å². The van der Waals surface area contributed by atoms with Crippen LogP contribution in [0, 0.1) is 5.92 Å². The molecule has 3 rings (SSSR count). The Kier molecular flexibility index (Phi) is 4.81. The molecule has 1 aromatic heterocycles. The molecule has 3 heteroatoms. The molecule has 0 spiro atoms. The summed E-state index contributed by atoms with van der Waals surface area (Å²) in [4.78, 5) is 5.03. The van der Waals surface area contributed by atoms with Crippen LogP contribution in [0.1, 0.15) is 31.7 Å². The van der Waals surface area contributed by atoms with E-state index in [1.54, 1.807) is 11.3 Å². The normalized spacial score (nSPS) is 23.4. The molecular formula is C18H26N2S. The summed E-state index contributed by atoms with van der Waals surface area (Å²) in [5.41, 5.74) is 4.22. The van der Waals surface area contributed by atoms with Crippen LogP contribution in [0.2, 0.25) is 0 Å². The number of rotatable bonds is 5. The van der Waals surface area contributed by atoms with Crippen molar-refractivity contribution in [3.05, 3.63) is 40.7 Å².